The van der Waals surface area contributed by atoms with Crippen LogP contribution < -0.4 is 0 Å². The maximum atomic E-state index is 13.1. The third-order valence-corrected chi connectivity index (χ3v) is 18.5. The molecule has 0 aromatic heterocycles. The van der Waals surface area contributed by atoms with Crippen LogP contribution in [-0.4, -0.2) is 96.7 Å². The van der Waals surface area contributed by atoms with Crippen LogP contribution in [0.1, 0.15) is 336 Å². The summed E-state index contributed by atoms with van der Waals surface area (Å²) in [7, 11) is -9.95. The number of unbranched alkanes of at least 4 members (excludes halogenated alkanes) is 32. The van der Waals surface area contributed by atoms with E-state index in [0.717, 1.165) is 154 Å². The summed E-state index contributed by atoms with van der Waals surface area (Å²) in [5.41, 5.74) is 0. The van der Waals surface area contributed by atoms with E-state index in [9.17, 15) is 43.2 Å². The Morgan fingerprint density at radius 3 is 0.830 bits per heavy atom. The summed E-state index contributed by atoms with van der Waals surface area (Å²) < 4.78 is 68.5. The number of hydrogen-bond acceptors (Lipinski definition) is 15. The summed E-state index contributed by atoms with van der Waals surface area (Å²) in [4.78, 5) is 72.9. The average Bonchev–Trinajstić information content (AvgIpc) is 1.06. The molecule has 3 N–H and O–H groups in total. The van der Waals surface area contributed by atoms with Gasteiger partial charge in [0.2, 0.25) is 0 Å². The molecule has 0 fully saturated rings. The highest BCUT2D eigenvalue weighted by Crippen LogP contribution is 2.45. The number of carbonyl (C=O) groups is 4. The Labute approximate surface area is 607 Å². The second-order valence-corrected chi connectivity index (χ2v) is 29.2. The largest absolute Gasteiger partial charge is 0.472 e. The van der Waals surface area contributed by atoms with Crippen LogP contribution in [0.15, 0.2) is 97.2 Å². The molecule has 5 unspecified atom stereocenters. The van der Waals surface area contributed by atoms with E-state index >= 15 is 0 Å². The van der Waals surface area contributed by atoms with Gasteiger partial charge < -0.3 is 33.8 Å². The molecule has 5 atom stereocenters. The monoisotopic (exact) mass is 1450 g/mol. The molecule has 0 aliphatic rings. The molecule has 0 spiro atoms. The van der Waals surface area contributed by atoms with Gasteiger partial charge in [-0.3, -0.25) is 37.3 Å². The molecule has 578 valence electrons. The first-order chi connectivity index (χ1) is 48.7. The van der Waals surface area contributed by atoms with E-state index in [1.807, 2.05) is 0 Å². The Morgan fingerprint density at radius 2 is 0.520 bits per heavy atom. The van der Waals surface area contributed by atoms with Gasteiger partial charge in [-0.05, 0) is 109 Å². The van der Waals surface area contributed by atoms with Gasteiger partial charge >= 0.3 is 39.5 Å². The van der Waals surface area contributed by atoms with Gasteiger partial charge in [0.05, 0.1) is 26.4 Å². The van der Waals surface area contributed by atoms with Crippen molar-refractivity contribution >= 4 is 39.5 Å². The molecule has 0 aromatic carbocycles. The first kappa shape index (κ1) is 96.0. The summed E-state index contributed by atoms with van der Waals surface area (Å²) in [6.45, 7) is 4.70. The fourth-order valence-electron chi connectivity index (χ4n) is 10.5. The first-order valence-electron chi connectivity index (χ1n) is 39.5. The van der Waals surface area contributed by atoms with Crippen molar-refractivity contribution in [1.82, 2.24) is 0 Å². The van der Waals surface area contributed by atoms with Gasteiger partial charge in [-0.15, -0.1) is 0 Å². The zero-order chi connectivity index (χ0) is 73.2. The standard InChI is InChI=1S/C81H142O17P2/c1-5-9-13-17-21-25-29-31-33-35-37-39-41-43-47-50-54-58-62-66-79(84)92-72-77(98-81(86)68-64-60-56-52-48-44-42-40-38-36-34-32-30-26-22-18-14-10-6-2)74-96-100(89,90)94-70-75(82)69-93-99(87,88)95-73-76(97-80(85)67-63-59-55-51-46-28-24-20-16-12-8-4)71-91-78(83)65-61-57-53-49-45-27-23-19-15-11-7-3/h9,13,21-22,25-26,31-34,37-40,43,47,75-77,82H,5-8,10-12,14-20,23-24,27-30,35-36,41-42,44-46,48-74H2,1-4H3,(H,87,88)(H,89,90)/b13-9-,25-21-,26-22-,33-31-,34-32-,39-37-,40-38-,47-43-. The molecule has 19 heteroatoms. The lowest BCUT2D eigenvalue weighted by atomic mass is 10.1. The Bertz CT molecular complexity index is 2270. The quantitative estimate of drug-likeness (QED) is 0.0169. The molecule has 0 aromatic rings. The molecule has 100 heavy (non-hydrogen) atoms. The van der Waals surface area contributed by atoms with Crippen LogP contribution in [0.5, 0.6) is 0 Å². The highest BCUT2D eigenvalue weighted by Gasteiger charge is 2.30. The lowest BCUT2D eigenvalue weighted by Gasteiger charge is -2.21. The Balaban J connectivity index is 5.36. The van der Waals surface area contributed by atoms with Crippen molar-refractivity contribution in [2.45, 2.75) is 354 Å². The molecule has 0 rings (SSSR count). The number of phosphoric acid groups is 2. The molecular formula is C81H142O17P2. The topological polar surface area (TPSA) is 237 Å². The van der Waals surface area contributed by atoms with Crippen molar-refractivity contribution in [1.29, 1.82) is 0 Å². The van der Waals surface area contributed by atoms with Crippen molar-refractivity contribution < 1.29 is 80.2 Å². The van der Waals surface area contributed by atoms with E-state index in [0.29, 0.717) is 25.7 Å². The van der Waals surface area contributed by atoms with Crippen LogP contribution in [0.3, 0.4) is 0 Å². The first-order valence-corrected chi connectivity index (χ1v) is 42.5. The predicted molar refractivity (Wildman–Crippen MR) is 409 cm³/mol. The van der Waals surface area contributed by atoms with Crippen molar-refractivity contribution in [3.8, 4) is 0 Å². The number of aliphatic hydroxyl groups excluding tert-OH is 1. The number of hydrogen-bond donors (Lipinski definition) is 3. The summed E-state index contributed by atoms with van der Waals surface area (Å²) in [6.07, 6.45) is 76.8. The van der Waals surface area contributed by atoms with E-state index in [2.05, 4.69) is 125 Å². The van der Waals surface area contributed by atoms with Gasteiger partial charge in [0, 0.05) is 25.7 Å². The zero-order valence-electron chi connectivity index (χ0n) is 63.1. The minimum Gasteiger partial charge on any atom is -0.462 e. The summed E-state index contributed by atoms with van der Waals surface area (Å²) in [5.74, 6) is -2.21. The van der Waals surface area contributed by atoms with E-state index < -0.39 is 97.5 Å². The van der Waals surface area contributed by atoms with Crippen LogP contribution in [0.25, 0.3) is 0 Å². The van der Waals surface area contributed by atoms with Gasteiger partial charge in [-0.1, -0.05) is 298 Å². The molecule has 0 saturated carbocycles. The van der Waals surface area contributed by atoms with E-state index in [1.54, 1.807) is 0 Å². The molecule has 0 aliphatic heterocycles. The number of aliphatic hydroxyl groups is 1. The maximum absolute atomic E-state index is 13.1. The van der Waals surface area contributed by atoms with Crippen molar-refractivity contribution in [2.75, 3.05) is 39.6 Å². The highest BCUT2D eigenvalue weighted by molar-refractivity contribution is 7.47. The number of esters is 4. The van der Waals surface area contributed by atoms with Crippen LogP contribution in [-0.2, 0) is 65.4 Å². The molecule has 0 heterocycles. The summed E-state index contributed by atoms with van der Waals surface area (Å²) >= 11 is 0. The molecular weight excluding hydrogens is 1310 g/mol. The van der Waals surface area contributed by atoms with Crippen molar-refractivity contribution in [3.63, 3.8) is 0 Å². The smallest absolute Gasteiger partial charge is 0.462 e. The van der Waals surface area contributed by atoms with E-state index in [1.165, 1.54) is 103 Å². The molecule has 0 bridgehead atoms. The van der Waals surface area contributed by atoms with Crippen LogP contribution in [0.4, 0.5) is 0 Å². The normalized spacial score (nSPS) is 14.4. The van der Waals surface area contributed by atoms with Gasteiger partial charge in [0.25, 0.3) is 0 Å². The summed E-state index contributed by atoms with van der Waals surface area (Å²) in [5, 5.41) is 10.6. The SMILES string of the molecule is CC/C=C\C/C=C\C/C=C\C/C=C\C/C=C\CCCCCC(=O)OCC(COP(=O)(O)OCC(O)COP(=O)(O)OCC(COC(=O)CCCCCCCCCCCCC)OC(=O)CCCCCCCCCCCCC)OC(=O)CCCCCCCC/C=C\C/C=C\C/C=C\CCCCC. The number of rotatable bonds is 74. The second-order valence-electron chi connectivity index (χ2n) is 26.3. The second kappa shape index (κ2) is 73.3. The molecule has 0 aliphatic carbocycles. The fourth-order valence-corrected chi connectivity index (χ4v) is 12.1. The molecule has 17 nitrogen and oxygen atoms in total. The Morgan fingerprint density at radius 1 is 0.290 bits per heavy atom. The molecule has 0 radical (unpaired) electrons. The Kier molecular flexibility index (Phi) is 70.4. The van der Waals surface area contributed by atoms with Crippen LogP contribution >= 0.6 is 15.6 Å². The highest BCUT2D eigenvalue weighted by atomic mass is 31.2. The minimum absolute atomic E-state index is 0.0728. The molecule has 0 saturated heterocycles. The van der Waals surface area contributed by atoms with Crippen molar-refractivity contribution in [2.24, 2.45) is 0 Å². The minimum atomic E-state index is -4.99. The van der Waals surface area contributed by atoms with Gasteiger partial charge in [0.1, 0.15) is 19.3 Å². The van der Waals surface area contributed by atoms with Gasteiger partial charge in [-0.2, -0.15) is 0 Å². The van der Waals surface area contributed by atoms with Crippen LogP contribution in [0.2, 0.25) is 0 Å². The number of carbonyl (C=O) groups excluding carboxylic acids is 4. The summed E-state index contributed by atoms with van der Waals surface area (Å²) in [6, 6.07) is 0. The van der Waals surface area contributed by atoms with Gasteiger partial charge in [0.15, 0.2) is 12.2 Å². The number of allylic oxidation sites excluding steroid dienone is 16. The molecule has 0 amide bonds. The number of ether oxygens (including phenoxy) is 4. The lowest BCUT2D eigenvalue weighted by Crippen LogP contribution is -2.30. The van der Waals surface area contributed by atoms with Crippen molar-refractivity contribution in [3.05, 3.63) is 97.2 Å². The maximum Gasteiger partial charge on any atom is 0.472 e. The Hall–Kier alpha value is -4.02. The van der Waals surface area contributed by atoms with Crippen LogP contribution in [0, 0.1) is 0 Å². The number of phosphoric ester groups is 2. The van der Waals surface area contributed by atoms with E-state index in [4.69, 9.17) is 37.0 Å². The van der Waals surface area contributed by atoms with E-state index in [-0.39, 0.29) is 25.7 Å². The average molecular weight is 1450 g/mol. The fraction of sp³-hybridized carbons (Fsp3) is 0.753. The lowest BCUT2D eigenvalue weighted by molar-refractivity contribution is -0.161. The van der Waals surface area contributed by atoms with Gasteiger partial charge in [-0.25, -0.2) is 9.13 Å². The zero-order valence-corrected chi connectivity index (χ0v) is 64.9. The predicted octanol–water partition coefficient (Wildman–Crippen LogP) is 22.8. The third-order valence-electron chi connectivity index (χ3n) is 16.6. The third kappa shape index (κ3) is 72.3.